The second-order valence-electron chi connectivity index (χ2n) is 3.64. The average molecular weight is 239 g/mol. The summed E-state index contributed by atoms with van der Waals surface area (Å²) in [4.78, 5) is 10.8. The van der Waals surface area contributed by atoms with Gasteiger partial charge in [0.05, 0.1) is 13.2 Å². The highest BCUT2D eigenvalue weighted by molar-refractivity contribution is 6.29. The van der Waals surface area contributed by atoms with E-state index in [0.717, 1.165) is 37.8 Å². The number of imidazole rings is 1. The van der Waals surface area contributed by atoms with E-state index >= 15 is 0 Å². The summed E-state index contributed by atoms with van der Waals surface area (Å²) in [6.45, 7) is 3.16. The molecule has 3 heterocycles. The minimum absolute atomic E-state index is 0.488. The van der Waals surface area contributed by atoms with Gasteiger partial charge in [-0.05, 0) is 0 Å². The number of aromatic nitrogens is 3. The fourth-order valence-electron chi connectivity index (χ4n) is 1.87. The zero-order valence-electron chi connectivity index (χ0n) is 8.64. The molecule has 16 heavy (non-hydrogen) atoms. The van der Waals surface area contributed by atoms with Crippen LogP contribution in [0.3, 0.4) is 0 Å². The van der Waals surface area contributed by atoms with Gasteiger partial charge in [0.1, 0.15) is 5.15 Å². The van der Waals surface area contributed by atoms with Crippen molar-refractivity contribution in [3.05, 3.63) is 23.7 Å². The normalized spacial score (nSPS) is 16.9. The van der Waals surface area contributed by atoms with Crippen molar-refractivity contribution in [3.8, 4) is 0 Å². The van der Waals surface area contributed by atoms with Crippen LogP contribution in [0, 0.1) is 0 Å². The first-order chi connectivity index (χ1) is 7.84. The lowest BCUT2D eigenvalue weighted by molar-refractivity contribution is 0.122. The summed E-state index contributed by atoms with van der Waals surface area (Å²) < 4.78 is 7.20. The molecule has 1 aliphatic rings. The zero-order valence-corrected chi connectivity index (χ0v) is 9.39. The van der Waals surface area contributed by atoms with E-state index in [0.29, 0.717) is 5.15 Å². The maximum absolute atomic E-state index is 5.89. The van der Waals surface area contributed by atoms with Gasteiger partial charge in [-0.25, -0.2) is 9.97 Å². The van der Waals surface area contributed by atoms with E-state index in [-0.39, 0.29) is 0 Å². The van der Waals surface area contributed by atoms with Crippen LogP contribution in [0.4, 0.5) is 5.82 Å². The highest BCUT2D eigenvalue weighted by Gasteiger charge is 2.16. The number of hydrogen-bond acceptors (Lipinski definition) is 4. The van der Waals surface area contributed by atoms with Gasteiger partial charge in [0, 0.05) is 31.7 Å². The van der Waals surface area contributed by atoms with Gasteiger partial charge >= 0.3 is 0 Å². The number of nitrogens with zero attached hydrogens (tertiary/aromatic N) is 4. The highest BCUT2D eigenvalue weighted by Crippen LogP contribution is 2.20. The van der Waals surface area contributed by atoms with E-state index in [1.54, 1.807) is 12.4 Å². The molecule has 0 spiro atoms. The van der Waals surface area contributed by atoms with Gasteiger partial charge in [-0.1, -0.05) is 11.6 Å². The van der Waals surface area contributed by atoms with Gasteiger partial charge in [-0.3, -0.25) is 0 Å². The van der Waals surface area contributed by atoms with Crippen molar-refractivity contribution in [1.29, 1.82) is 0 Å². The minimum Gasteiger partial charge on any atom is -0.378 e. The molecule has 6 heteroatoms. The van der Waals surface area contributed by atoms with Gasteiger partial charge in [0.15, 0.2) is 11.5 Å². The van der Waals surface area contributed by atoms with E-state index in [2.05, 4.69) is 14.9 Å². The fraction of sp³-hybridized carbons (Fsp3) is 0.400. The maximum Gasteiger partial charge on any atom is 0.181 e. The number of hydrogen-bond donors (Lipinski definition) is 0. The largest absolute Gasteiger partial charge is 0.378 e. The Morgan fingerprint density at radius 3 is 2.94 bits per heavy atom. The van der Waals surface area contributed by atoms with Crippen LogP contribution in [-0.4, -0.2) is 40.7 Å². The van der Waals surface area contributed by atoms with Crippen LogP contribution in [0.1, 0.15) is 0 Å². The first kappa shape index (κ1) is 9.86. The Morgan fingerprint density at radius 1 is 1.31 bits per heavy atom. The molecule has 0 N–H and O–H groups in total. The molecule has 2 aromatic heterocycles. The molecular formula is C10H11ClN4O. The molecule has 0 unspecified atom stereocenters. The van der Waals surface area contributed by atoms with Crippen molar-refractivity contribution < 1.29 is 4.74 Å². The summed E-state index contributed by atoms with van der Waals surface area (Å²) in [5.74, 6) is 0.873. The summed E-state index contributed by atoms with van der Waals surface area (Å²) in [5, 5.41) is 0.488. The molecular weight excluding hydrogens is 228 g/mol. The summed E-state index contributed by atoms with van der Waals surface area (Å²) in [6.07, 6.45) is 5.39. The topological polar surface area (TPSA) is 42.7 Å². The average Bonchev–Trinajstić information content (AvgIpc) is 2.70. The van der Waals surface area contributed by atoms with Crippen molar-refractivity contribution in [2.45, 2.75) is 0 Å². The Morgan fingerprint density at radius 2 is 2.12 bits per heavy atom. The van der Waals surface area contributed by atoms with Crippen LogP contribution in [0.15, 0.2) is 18.6 Å². The van der Waals surface area contributed by atoms with E-state index in [9.17, 15) is 0 Å². The number of rotatable bonds is 1. The first-order valence-corrected chi connectivity index (χ1v) is 5.54. The van der Waals surface area contributed by atoms with E-state index in [1.165, 1.54) is 0 Å². The van der Waals surface area contributed by atoms with Gasteiger partial charge in [0.2, 0.25) is 0 Å². The first-order valence-electron chi connectivity index (χ1n) is 5.16. The molecule has 2 aromatic rings. The lowest BCUT2D eigenvalue weighted by Gasteiger charge is -2.27. The second-order valence-corrected chi connectivity index (χ2v) is 4.03. The van der Waals surface area contributed by atoms with Crippen LogP contribution < -0.4 is 4.90 Å². The summed E-state index contributed by atoms with van der Waals surface area (Å²) >= 11 is 5.89. The third-order valence-corrected chi connectivity index (χ3v) is 2.82. The molecule has 0 bridgehead atoms. The Labute approximate surface area is 97.6 Å². The van der Waals surface area contributed by atoms with Crippen molar-refractivity contribution in [2.75, 3.05) is 31.2 Å². The fourth-order valence-corrected chi connectivity index (χ4v) is 2.06. The number of ether oxygens (including phenoxy) is 1. The molecule has 84 valence electrons. The monoisotopic (exact) mass is 238 g/mol. The van der Waals surface area contributed by atoms with Crippen LogP contribution in [0.5, 0.6) is 0 Å². The smallest absolute Gasteiger partial charge is 0.181 e. The van der Waals surface area contributed by atoms with Crippen LogP contribution >= 0.6 is 11.6 Å². The third-order valence-electron chi connectivity index (χ3n) is 2.64. The number of halogens is 1. The van der Waals surface area contributed by atoms with E-state index < -0.39 is 0 Å². The van der Waals surface area contributed by atoms with Gasteiger partial charge in [0.25, 0.3) is 0 Å². The summed E-state index contributed by atoms with van der Waals surface area (Å²) in [7, 11) is 0. The zero-order chi connectivity index (χ0) is 11.0. The maximum atomic E-state index is 5.89. The Balaban J connectivity index is 2.07. The van der Waals surface area contributed by atoms with Crippen molar-refractivity contribution in [2.24, 2.45) is 0 Å². The predicted molar refractivity (Wildman–Crippen MR) is 61.0 cm³/mol. The number of morpholine rings is 1. The standard InChI is InChI=1S/C10H11ClN4O/c11-8-7-15-2-1-12-9(10(15)13-8)14-3-5-16-6-4-14/h1-2,7H,3-6H2. The molecule has 0 aromatic carbocycles. The summed E-state index contributed by atoms with van der Waals surface area (Å²) in [5.41, 5.74) is 0.800. The lowest BCUT2D eigenvalue weighted by Crippen LogP contribution is -2.37. The minimum atomic E-state index is 0.488. The van der Waals surface area contributed by atoms with Gasteiger partial charge in [-0.2, -0.15) is 0 Å². The number of anilines is 1. The molecule has 1 saturated heterocycles. The molecule has 0 saturated carbocycles. The second kappa shape index (κ2) is 3.92. The molecule has 5 nitrogen and oxygen atoms in total. The Hall–Kier alpha value is -1.33. The highest BCUT2D eigenvalue weighted by atomic mass is 35.5. The molecule has 0 atom stereocenters. The lowest BCUT2D eigenvalue weighted by atomic mass is 10.4. The molecule has 0 amide bonds. The van der Waals surface area contributed by atoms with Crippen molar-refractivity contribution >= 4 is 23.1 Å². The van der Waals surface area contributed by atoms with Crippen molar-refractivity contribution in [1.82, 2.24) is 14.4 Å². The number of fused-ring (bicyclic) bond motifs is 1. The van der Waals surface area contributed by atoms with Crippen LogP contribution in [0.2, 0.25) is 5.15 Å². The van der Waals surface area contributed by atoms with Crippen molar-refractivity contribution in [3.63, 3.8) is 0 Å². The Kier molecular flexibility index (Phi) is 2.41. The SMILES string of the molecule is Clc1cn2ccnc(N3CCOCC3)c2n1. The third kappa shape index (κ3) is 1.62. The molecule has 1 aliphatic heterocycles. The molecule has 0 aliphatic carbocycles. The molecule has 1 fully saturated rings. The quantitative estimate of drug-likeness (QED) is 0.749. The molecule has 0 radical (unpaired) electrons. The summed E-state index contributed by atoms with van der Waals surface area (Å²) in [6, 6.07) is 0. The van der Waals surface area contributed by atoms with E-state index in [4.69, 9.17) is 16.3 Å². The molecule has 3 rings (SSSR count). The Bertz CT molecular complexity index is 506. The van der Waals surface area contributed by atoms with Crippen LogP contribution in [0.25, 0.3) is 5.65 Å². The van der Waals surface area contributed by atoms with E-state index in [1.807, 2.05) is 10.6 Å². The predicted octanol–water partition coefficient (Wildman–Crippen LogP) is 1.22. The van der Waals surface area contributed by atoms with Crippen LogP contribution in [-0.2, 0) is 4.74 Å². The van der Waals surface area contributed by atoms with Gasteiger partial charge < -0.3 is 14.0 Å². The van der Waals surface area contributed by atoms with Gasteiger partial charge in [-0.15, -0.1) is 0 Å².